The molecular weight excluding hydrogens is 246 g/mol. The minimum Gasteiger partial charge on any atom is -0.463 e. The number of hydrogen-bond acceptors (Lipinski definition) is 4. The van der Waals surface area contributed by atoms with Crippen molar-refractivity contribution in [2.24, 2.45) is 10.9 Å². The van der Waals surface area contributed by atoms with Crippen molar-refractivity contribution in [3.8, 4) is 0 Å². The maximum atomic E-state index is 12.4. The highest BCUT2D eigenvalue weighted by Gasteiger charge is 2.23. The lowest BCUT2D eigenvalue weighted by Crippen LogP contribution is -2.43. The Labute approximate surface area is 110 Å². The smallest absolute Gasteiger partial charge is 0.258 e. The van der Waals surface area contributed by atoms with Crippen LogP contribution in [0.25, 0.3) is 11.0 Å². The Kier molecular flexibility index (Phi) is 3.41. The lowest BCUT2D eigenvalue weighted by molar-refractivity contribution is 0.0777. The molecule has 2 rings (SSSR count). The number of nitrogens with two attached hydrogens (primary N) is 1. The molecular formula is C13H15N3O3. The largest absolute Gasteiger partial charge is 0.463 e. The number of hydrogen-bond donors (Lipinski definition) is 2. The van der Waals surface area contributed by atoms with Gasteiger partial charge in [-0.15, -0.1) is 0 Å². The molecule has 1 heterocycles. The molecule has 0 aliphatic heterocycles. The van der Waals surface area contributed by atoms with Gasteiger partial charge in [0.15, 0.2) is 5.84 Å². The van der Waals surface area contributed by atoms with Gasteiger partial charge in [-0.25, -0.2) is 0 Å². The quantitative estimate of drug-likeness (QED) is 0.380. The predicted molar refractivity (Wildman–Crippen MR) is 71.2 cm³/mol. The summed E-state index contributed by atoms with van der Waals surface area (Å²) < 4.78 is 5.33. The van der Waals surface area contributed by atoms with Crippen molar-refractivity contribution >= 4 is 22.7 Å². The first kappa shape index (κ1) is 12.9. The van der Waals surface area contributed by atoms with Gasteiger partial charge < -0.3 is 20.3 Å². The van der Waals surface area contributed by atoms with Crippen LogP contribution in [0.15, 0.2) is 40.1 Å². The number of rotatable bonds is 3. The molecule has 0 radical (unpaired) electrons. The molecule has 100 valence electrons. The maximum Gasteiger partial charge on any atom is 0.258 e. The third-order valence-electron chi connectivity index (χ3n) is 3.16. The van der Waals surface area contributed by atoms with Crippen LogP contribution in [0.2, 0.25) is 0 Å². The van der Waals surface area contributed by atoms with Crippen LogP contribution in [0, 0.1) is 0 Å². The first-order valence-corrected chi connectivity index (χ1v) is 5.77. The van der Waals surface area contributed by atoms with Gasteiger partial charge in [0, 0.05) is 12.4 Å². The second-order valence-corrected chi connectivity index (χ2v) is 4.26. The van der Waals surface area contributed by atoms with Crippen LogP contribution < -0.4 is 5.73 Å². The van der Waals surface area contributed by atoms with E-state index in [-0.39, 0.29) is 11.7 Å². The highest BCUT2D eigenvalue weighted by atomic mass is 16.4. The van der Waals surface area contributed by atoms with Gasteiger partial charge in [-0.3, -0.25) is 4.79 Å². The van der Waals surface area contributed by atoms with E-state index in [2.05, 4.69) is 5.16 Å². The fourth-order valence-corrected chi connectivity index (χ4v) is 1.79. The molecule has 1 atom stereocenters. The molecule has 6 nitrogen and oxygen atoms in total. The van der Waals surface area contributed by atoms with Gasteiger partial charge in [-0.05, 0) is 13.0 Å². The molecule has 0 fully saturated rings. The molecule has 3 N–H and O–H groups in total. The summed E-state index contributed by atoms with van der Waals surface area (Å²) in [4.78, 5) is 13.8. The lowest BCUT2D eigenvalue weighted by atomic mass is 10.1. The Hall–Kier alpha value is -2.50. The first-order chi connectivity index (χ1) is 9.06. The van der Waals surface area contributed by atoms with Crippen molar-refractivity contribution in [1.29, 1.82) is 0 Å². The topological polar surface area (TPSA) is 92.1 Å². The van der Waals surface area contributed by atoms with Crippen LogP contribution in [-0.2, 0) is 0 Å². The second-order valence-electron chi connectivity index (χ2n) is 4.26. The molecule has 0 saturated heterocycles. The summed E-state index contributed by atoms with van der Waals surface area (Å²) in [5, 5.41) is 12.3. The number of furan rings is 1. The summed E-state index contributed by atoms with van der Waals surface area (Å²) >= 11 is 0. The van der Waals surface area contributed by atoms with Crippen molar-refractivity contribution in [3.63, 3.8) is 0 Å². The Morgan fingerprint density at radius 1 is 1.47 bits per heavy atom. The number of carbonyl (C=O) groups is 1. The molecule has 0 spiro atoms. The number of amidine groups is 1. The predicted octanol–water partition coefficient (Wildman–Crippen LogP) is 1.64. The zero-order valence-electron chi connectivity index (χ0n) is 10.7. The van der Waals surface area contributed by atoms with Crippen LogP contribution in [0.1, 0.15) is 17.3 Å². The monoisotopic (exact) mass is 261 g/mol. The van der Waals surface area contributed by atoms with E-state index in [9.17, 15) is 4.79 Å². The van der Waals surface area contributed by atoms with Gasteiger partial charge in [0.05, 0.1) is 11.6 Å². The standard InChI is InChI=1S/C13H15N3O3/c1-8(12(14)15-18)16(2)13(17)10-7-19-11-6-4-3-5-9(10)11/h3-8,18H,1-2H3,(H2,14,15). The average Bonchev–Trinajstić information content (AvgIpc) is 2.87. The van der Waals surface area contributed by atoms with Crippen LogP contribution in [0.3, 0.4) is 0 Å². The van der Waals surface area contributed by atoms with E-state index < -0.39 is 6.04 Å². The Bertz CT molecular complexity index is 633. The van der Waals surface area contributed by atoms with Gasteiger partial charge in [-0.2, -0.15) is 0 Å². The molecule has 0 aliphatic carbocycles. The number of likely N-dealkylation sites (N-methyl/N-ethyl adjacent to an activating group) is 1. The van der Waals surface area contributed by atoms with Crippen LogP contribution in [0.5, 0.6) is 0 Å². The number of fused-ring (bicyclic) bond motifs is 1. The Balaban J connectivity index is 2.34. The average molecular weight is 261 g/mol. The third kappa shape index (κ3) is 2.24. The van der Waals surface area contributed by atoms with Gasteiger partial charge >= 0.3 is 0 Å². The number of amides is 1. The van der Waals surface area contributed by atoms with E-state index in [0.29, 0.717) is 11.1 Å². The van der Waals surface area contributed by atoms with Crippen molar-refractivity contribution in [2.75, 3.05) is 7.05 Å². The second kappa shape index (κ2) is 5.01. The van der Waals surface area contributed by atoms with Crippen LogP contribution >= 0.6 is 0 Å². The highest BCUT2D eigenvalue weighted by Crippen LogP contribution is 2.22. The molecule has 19 heavy (non-hydrogen) atoms. The van der Waals surface area contributed by atoms with Crippen LogP contribution in [-0.4, -0.2) is 34.9 Å². The molecule has 1 amide bonds. The van der Waals surface area contributed by atoms with Crippen LogP contribution in [0.4, 0.5) is 0 Å². The molecule has 0 bridgehead atoms. The molecule has 1 aromatic heterocycles. The summed E-state index contributed by atoms with van der Waals surface area (Å²) in [5.74, 6) is -0.271. The van der Waals surface area contributed by atoms with E-state index in [4.69, 9.17) is 15.4 Å². The van der Waals surface area contributed by atoms with Crippen molar-refractivity contribution in [3.05, 3.63) is 36.1 Å². The Morgan fingerprint density at radius 3 is 2.84 bits per heavy atom. The molecule has 1 aromatic carbocycles. The fraction of sp³-hybridized carbons (Fsp3) is 0.231. The van der Waals surface area contributed by atoms with E-state index >= 15 is 0 Å². The van der Waals surface area contributed by atoms with Gasteiger partial charge in [0.2, 0.25) is 0 Å². The fourth-order valence-electron chi connectivity index (χ4n) is 1.79. The van der Waals surface area contributed by atoms with Gasteiger partial charge in [-0.1, -0.05) is 23.4 Å². The molecule has 6 heteroatoms. The number of oxime groups is 1. The van der Waals surface area contributed by atoms with Gasteiger partial charge in [0.25, 0.3) is 5.91 Å². The summed E-state index contributed by atoms with van der Waals surface area (Å²) in [6.07, 6.45) is 1.42. The molecule has 0 saturated carbocycles. The third-order valence-corrected chi connectivity index (χ3v) is 3.16. The highest BCUT2D eigenvalue weighted by molar-refractivity contribution is 6.07. The summed E-state index contributed by atoms with van der Waals surface area (Å²) in [5.41, 5.74) is 6.61. The summed E-state index contributed by atoms with van der Waals surface area (Å²) in [6, 6.07) is 6.77. The van der Waals surface area contributed by atoms with Gasteiger partial charge in [0.1, 0.15) is 11.8 Å². The minimum absolute atomic E-state index is 0.0244. The van der Waals surface area contributed by atoms with Crippen molar-refractivity contribution < 1.29 is 14.4 Å². The molecule has 0 aliphatic rings. The number of benzene rings is 1. The maximum absolute atomic E-state index is 12.4. The summed E-state index contributed by atoms with van der Waals surface area (Å²) in [6.45, 7) is 1.68. The zero-order valence-corrected chi connectivity index (χ0v) is 10.7. The molecule has 2 aromatic rings. The van der Waals surface area contributed by atoms with Crippen molar-refractivity contribution in [2.45, 2.75) is 13.0 Å². The Morgan fingerprint density at radius 2 is 2.16 bits per heavy atom. The van der Waals surface area contributed by atoms with Crippen molar-refractivity contribution in [1.82, 2.24) is 4.90 Å². The number of para-hydroxylation sites is 1. The van der Waals surface area contributed by atoms with E-state index in [1.807, 2.05) is 18.2 Å². The zero-order chi connectivity index (χ0) is 14.0. The number of carbonyl (C=O) groups excluding carboxylic acids is 1. The first-order valence-electron chi connectivity index (χ1n) is 5.77. The lowest BCUT2D eigenvalue weighted by Gasteiger charge is -2.23. The normalized spacial score (nSPS) is 13.5. The minimum atomic E-state index is -0.508. The number of nitrogens with zero attached hydrogens (tertiary/aromatic N) is 2. The van der Waals surface area contributed by atoms with E-state index in [1.165, 1.54) is 11.2 Å². The SMILES string of the molecule is CC(C(N)=NO)N(C)C(=O)c1coc2ccccc12. The molecule has 1 unspecified atom stereocenters. The van der Waals surface area contributed by atoms with E-state index in [0.717, 1.165) is 5.39 Å². The van der Waals surface area contributed by atoms with E-state index in [1.54, 1.807) is 20.0 Å². The summed E-state index contributed by atoms with van der Waals surface area (Å²) in [7, 11) is 1.59.